The number of carbonyl (C=O) groups is 1. The number of nitrogens with one attached hydrogen (secondary N) is 2. The molecule has 0 spiro atoms. The van der Waals surface area contributed by atoms with Crippen LogP contribution in [0.15, 0.2) is 18.3 Å². The lowest BCUT2D eigenvalue weighted by Gasteiger charge is -2.20. The molecule has 1 aromatic heterocycles. The number of hydrogen-bond donors (Lipinski definition) is 3. The van der Waals surface area contributed by atoms with Crippen LogP contribution in [0.4, 0.5) is 5.69 Å². The number of hydrazine groups is 1. The van der Waals surface area contributed by atoms with Crippen LogP contribution in [0.2, 0.25) is 0 Å². The van der Waals surface area contributed by atoms with Gasteiger partial charge in [0.1, 0.15) is 5.69 Å². The minimum atomic E-state index is -0.157. The Morgan fingerprint density at radius 3 is 2.74 bits per heavy atom. The van der Waals surface area contributed by atoms with Crippen LogP contribution in [0.25, 0.3) is 0 Å². The number of nitrogens with zero attached hydrogens (tertiary/aromatic N) is 2. The van der Waals surface area contributed by atoms with Gasteiger partial charge in [-0.1, -0.05) is 0 Å². The second-order valence-corrected chi connectivity index (χ2v) is 4.76. The first-order chi connectivity index (χ1) is 9.04. The summed E-state index contributed by atoms with van der Waals surface area (Å²) in [7, 11) is 2.08. The van der Waals surface area contributed by atoms with Crippen molar-refractivity contribution in [2.45, 2.75) is 26.3 Å². The first-order valence-electron chi connectivity index (χ1n) is 6.45. The second kappa shape index (κ2) is 7.70. The van der Waals surface area contributed by atoms with Gasteiger partial charge in [0.2, 0.25) is 0 Å². The van der Waals surface area contributed by atoms with Gasteiger partial charge in [0, 0.05) is 12.6 Å². The van der Waals surface area contributed by atoms with E-state index in [1.54, 1.807) is 12.1 Å². The normalized spacial score (nSPS) is 10.8. The van der Waals surface area contributed by atoms with Crippen LogP contribution in [-0.2, 0) is 0 Å². The quantitative estimate of drug-likeness (QED) is 0.386. The number of pyridine rings is 1. The monoisotopic (exact) mass is 265 g/mol. The molecular formula is C13H23N5O. The lowest BCUT2D eigenvalue weighted by atomic mass is 10.3. The SMILES string of the molecule is CC(C)N(C)CCCNC(=O)c1ccc(NN)cn1. The van der Waals surface area contributed by atoms with E-state index in [0.717, 1.165) is 13.0 Å². The van der Waals surface area contributed by atoms with Gasteiger partial charge in [0.15, 0.2) is 0 Å². The van der Waals surface area contributed by atoms with Crippen molar-refractivity contribution in [1.29, 1.82) is 0 Å². The van der Waals surface area contributed by atoms with Gasteiger partial charge in [0.05, 0.1) is 11.9 Å². The van der Waals surface area contributed by atoms with Gasteiger partial charge in [-0.25, -0.2) is 4.98 Å². The first kappa shape index (κ1) is 15.4. The molecule has 0 atom stereocenters. The van der Waals surface area contributed by atoms with Crippen molar-refractivity contribution >= 4 is 11.6 Å². The molecule has 0 saturated heterocycles. The van der Waals surface area contributed by atoms with Crippen molar-refractivity contribution in [2.75, 3.05) is 25.6 Å². The molecule has 19 heavy (non-hydrogen) atoms. The third-order valence-electron chi connectivity index (χ3n) is 3.02. The summed E-state index contributed by atoms with van der Waals surface area (Å²) >= 11 is 0. The van der Waals surface area contributed by atoms with Gasteiger partial charge in [-0.15, -0.1) is 0 Å². The number of amides is 1. The van der Waals surface area contributed by atoms with Crippen molar-refractivity contribution in [2.24, 2.45) is 5.84 Å². The standard InChI is InChI=1S/C13H23N5O/c1-10(2)18(3)8-4-7-15-13(19)12-6-5-11(17-14)9-16-12/h5-6,9-10,17H,4,7-8,14H2,1-3H3,(H,15,19). The number of carbonyl (C=O) groups excluding carboxylic acids is 1. The maximum Gasteiger partial charge on any atom is 0.269 e. The fourth-order valence-electron chi connectivity index (χ4n) is 1.49. The van der Waals surface area contributed by atoms with E-state index in [2.05, 4.69) is 41.5 Å². The highest BCUT2D eigenvalue weighted by Gasteiger charge is 2.07. The molecule has 0 saturated carbocycles. The highest BCUT2D eigenvalue weighted by molar-refractivity contribution is 5.92. The van der Waals surface area contributed by atoms with E-state index >= 15 is 0 Å². The predicted molar refractivity (Wildman–Crippen MR) is 76.8 cm³/mol. The van der Waals surface area contributed by atoms with Gasteiger partial charge < -0.3 is 15.6 Å². The Morgan fingerprint density at radius 2 is 2.21 bits per heavy atom. The molecule has 0 fully saturated rings. The zero-order valence-electron chi connectivity index (χ0n) is 11.8. The Bertz CT molecular complexity index is 391. The fraction of sp³-hybridized carbons (Fsp3) is 0.538. The third-order valence-corrected chi connectivity index (χ3v) is 3.02. The highest BCUT2D eigenvalue weighted by atomic mass is 16.1. The van der Waals surface area contributed by atoms with E-state index in [-0.39, 0.29) is 5.91 Å². The van der Waals surface area contributed by atoms with Crippen LogP contribution in [0.3, 0.4) is 0 Å². The fourth-order valence-corrected chi connectivity index (χ4v) is 1.49. The minimum absolute atomic E-state index is 0.157. The van der Waals surface area contributed by atoms with E-state index in [1.165, 1.54) is 6.20 Å². The molecule has 1 rings (SSSR count). The largest absolute Gasteiger partial charge is 0.351 e. The van der Waals surface area contributed by atoms with Crippen LogP contribution in [0.1, 0.15) is 30.8 Å². The Balaban J connectivity index is 2.31. The summed E-state index contributed by atoms with van der Waals surface area (Å²) in [5, 5.41) is 2.85. The predicted octanol–water partition coefficient (Wildman–Crippen LogP) is 0.827. The summed E-state index contributed by atoms with van der Waals surface area (Å²) in [6.07, 6.45) is 2.45. The Labute approximate surface area is 114 Å². The van der Waals surface area contributed by atoms with Crippen LogP contribution in [0, 0.1) is 0 Å². The average molecular weight is 265 g/mol. The first-order valence-corrected chi connectivity index (χ1v) is 6.45. The van der Waals surface area contributed by atoms with Crippen molar-refractivity contribution in [3.8, 4) is 0 Å². The number of nitrogen functional groups attached to an aromatic ring is 1. The molecule has 6 heteroatoms. The van der Waals surface area contributed by atoms with Crippen LogP contribution >= 0.6 is 0 Å². The van der Waals surface area contributed by atoms with Gasteiger partial charge in [-0.05, 0) is 46.0 Å². The third kappa shape index (κ3) is 5.23. The van der Waals surface area contributed by atoms with E-state index in [0.29, 0.717) is 24.0 Å². The number of rotatable bonds is 7. The van der Waals surface area contributed by atoms with E-state index in [1.807, 2.05) is 0 Å². The molecule has 4 N–H and O–H groups in total. The summed E-state index contributed by atoms with van der Waals surface area (Å²) < 4.78 is 0. The van der Waals surface area contributed by atoms with Crippen molar-refractivity contribution in [1.82, 2.24) is 15.2 Å². The molecule has 1 heterocycles. The number of hydrogen-bond acceptors (Lipinski definition) is 5. The van der Waals surface area contributed by atoms with Gasteiger partial charge in [-0.3, -0.25) is 10.6 Å². The molecule has 0 aromatic carbocycles. The Kier molecular flexibility index (Phi) is 6.24. The zero-order valence-corrected chi connectivity index (χ0v) is 11.8. The lowest BCUT2D eigenvalue weighted by Crippen LogP contribution is -2.31. The summed E-state index contributed by atoms with van der Waals surface area (Å²) in [5.74, 6) is 5.07. The van der Waals surface area contributed by atoms with E-state index < -0.39 is 0 Å². The molecule has 1 aromatic rings. The number of aromatic nitrogens is 1. The second-order valence-electron chi connectivity index (χ2n) is 4.76. The van der Waals surface area contributed by atoms with Gasteiger partial charge in [0.25, 0.3) is 5.91 Å². The molecule has 0 unspecified atom stereocenters. The average Bonchev–Trinajstić information content (AvgIpc) is 2.43. The van der Waals surface area contributed by atoms with Crippen LogP contribution < -0.4 is 16.6 Å². The molecule has 6 nitrogen and oxygen atoms in total. The smallest absolute Gasteiger partial charge is 0.269 e. The minimum Gasteiger partial charge on any atom is -0.351 e. The van der Waals surface area contributed by atoms with Crippen molar-refractivity contribution in [3.63, 3.8) is 0 Å². The summed E-state index contributed by atoms with van der Waals surface area (Å²) in [4.78, 5) is 18.1. The molecular weight excluding hydrogens is 242 g/mol. The molecule has 0 aliphatic heterocycles. The van der Waals surface area contributed by atoms with Crippen LogP contribution in [0.5, 0.6) is 0 Å². The van der Waals surface area contributed by atoms with Crippen LogP contribution in [-0.4, -0.2) is 42.0 Å². The summed E-state index contributed by atoms with van der Waals surface area (Å²) in [6.45, 7) is 5.90. The zero-order chi connectivity index (χ0) is 14.3. The Morgan fingerprint density at radius 1 is 1.47 bits per heavy atom. The molecule has 0 radical (unpaired) electrons. The lowest BCUT2D eigenvalue weighted by molar-refractivity contribution is 0.0946. The topological polar surface area (TPSA) is 83.3 Å². The van der Waals surface area contributed by atoms with Crippen molar-refractivity contribution < 1.29 is 4.79 Å². The molecule has 106 valence electrons. The van der Waals surface area contributed by atoms with E-state index in [9.17, 15) is 4.79 Å². The summed E-state index contributed by atoms with van der Waals surface area (Å²) in [5.41, 5.74) is 3.54. The molecule has 0 aliphatic carbocycles. The van der Waals surface area contributed by atoms with Gasteiger partial charge >= 0.3 is 0 Å². The number of anilines is 1. The molecule has 1 amide bonds. The van der Waals surface area contributed by atoms with Gasteiger partial charge in [-0.2, -0.15) is 0 Å². The maximum absolute atomic E-state index is 11.8. The Hall–Kier alpha value is -1.66. The summed E-state index contributed by atoms with van der Waals surface area (Å²) in [6, 6.07) is 3.88. The van der Waals surface area contributed by atoms with Crippen molar-refractivity contribution in [3.05, 3.63) is 24.0 Å². The molecule has 0 aliphatic rings. The maximum atomic E-state index is 11.8. The molecule has 0 bridgehead atoms. The highest BCUT2D eigenvalue weighted by Crippen LogP contribution is 2.03. The van der Waals surface area contributed by atoms with E-state index in [4.69, 9.17) is 5.84 Å². The number of nitrogens with two attached hydrogens (primary N) is 1.